The fourth-order valence-corrected chi connectivity index (χ4v) is 1.71. The van der Waals surface area contributed by atoms with Gasteiger partial charge in [0.15, 0.2) is 0 Å². The molecule has 4 heteroatoms. The summed E-state index contributed by atoms with van der Waals surface area (Å²) >= 11 is 0. The molecule has 4 N–H and O–H groups in total. The van der Waals surface area contributed by atoms with Gasteiger partial charge in [0.1, 0.15) is 0 Å². The molecule has 0 spiro atoms. The maximum absolute atomic E-state index is 12.2. The van der Waals surface area contributed by atoms with Gasteiger partial charge in [0.05, 0.1) is 0 Å². The van der Waals surface area contributed by atoms with E-state index in [1.54, 1.807) is 0 Å². The standard InChI is InChI=1S/C13H17N3O/c1-13(2,8-14)16-12(17)10-4-3-5-11-9(10)6-7-15-11/h3-7,15H,8,14H2,1-2H3,(H,16,17). The molecule has 2 aromatic rings. The first-order valence-corrected chi connectivity index (χ1v) is 5.62. The smallest absolute Gasteiger partial charge is 0.252 e. The molecule has 0 aliphatic carbocycles. The maximum Gasteiger partial charge on any atom is 0.252 e. The number of nitrogens with two attached hydrogens (primary N) is 1. The summed E-state index contributed by atoms with van der Waals surface area (Å²) in [4.78, 5) is 15.2. The fraction of sp³-hybridized carbons (Fsp3) is 0.308. The summed E-state index contributed by atoms with van der Waals surface area (Å²) in [5, 5.41) is 3.85. The van der Waals surface area contributed by atoms with Crippen LogP contribution in [0.1, 0.15) is 24.2 Å². The van der Waals surface area contributed by atoms with E-state index in [1.165, 1.54) is 0 Å². The molecule has 0 aliphatic rings. The number of fused-ring (bicyclic) bond motifs is 1. The quantitative estimate of drug-likeness (QED) is 0.751. The average Bonchev–Trinajstić information content (AvgIpc) is 2.76. The van der Waals surface area contributed by atoms with Crippen LogP contribution in [-0.2, 0) is 0 Å². The molecule has 90 valence electrons. The first-order valence-electron chi connectivity index (χ1n) is 5.62. The molecule has 0 radical (unpaired) electrons. The Morgan fingerprint density at radius 1 is 1.41 bits per heavy atom. The van der Waals surface area contributed by atoms with Crippen LogP contribution in [0.25, 0.3) is 10.9 Å². The number of rotatable bonds is 3. The van der Waals surface area contributed by atoms with Gasteiger partial charge in [-0.15, -0.1) is 0 Å². The highest BCUT2D eigenvalue weighted by Crippen LogP contribution is 2.17. The molecule has 0 saturated carbocycles. The van der Waals surface area contributed by atoms with Gasteiger partial charge >= 0.3 is 0 Å². The summed E-state index contributed by atoms with van der Waals surface area (Å²) in [7, 11) is 0. The van der Waals surface area contributed by atoms with Gasteiger partial charge in [-0.05, 0) is 32.0 Å². The minimum Gasteiger partial charge on any atom is -0.361 e. The first kappa shape index (κ1) is 11.7. The Hall–Kier alpha value is -1.81. The molecule has 4 nitrogen and oxygen atoms in total. The normalized spacial score (nSPS) is 11.7. The minimum absolute atomic E-state index is 0.0920. The number of benzene rings is 1. The van der Waals surface area contributed by atoms with Crippen molar-refractivity contribution in [1.82, 2.24) is 10.3 Å². The van der Waals surface area contributed by atoms with E-state index in [1.807, 2.05) is 44.3 Å². The van der Waals surface area contributed by atoms with Gasteiger partial charge < -0.3 is 16.0 Å². The van der Waals surface area contributed by atoms with Gasteiger partial charge in [-0.25, -0.2) is 0 Å². The van der Waals surface area contributed by atoms with Crippen molar-refractivity contribution in [2.24, 2.45) is 5.73 Å². The van der Waals surface area contributed by atoms with E-state index in [9.17, 15) is 4.79 Å². The minimum atomic E-state index is -0.393. The third kappa shape index (κ3) is 2.31. The maximum atomic E-state index is 12.2. The van der Waals surface area contributed by atoms with Crippen molar-refractivity contribution >= 4 is 16.8 Å². The van der Waals surface area contributed by atoms with Crippen LogP contribution in [0, 0.1) is 0 Å². The molecule has 0 unspecified atom stereocenters. The van der Waals surface area contributed by atoms with Crippen LogP contribution in [0.4, 0.5) is 0 Å². The first-order chi connectivity index (χ1) is 8.03. The molecule has 0 fully saturated rings. The molecule has 1 amide bonds. The van der Waals surface area contributed by atoms with E-state index in [0.29, 0.717) is 12.1 Å². The molecule has 0 aliphatic heterocycles. The van der Waals surface area contributed by atoms with E-state index < -0.39 is 5.54 Å². The summed E-state index contributed by atoms with van der Waals surface area (Å²) in [6.45, 7) is 4.21. The monoisotopic (exact) mass is 231 g/mol. The second-order valence-electron chi connectivity index (χ2n) is 4.79. The van der Waals surface area contributed by atoms with Crippen LogP contribution < -0.4 is 11.1 Å². The van der Waals surface area contributed by atoms with Crippen molar-refractivity contribution in [1.29, 1.82) is 0 Å². The van der Waals surface area contributed by atoms with Gasteiger partial charge in [0.2, 0.25) is 0 Å². The second kappa shape index (κ2) is 4.22. The van der Waals surface area contributed by atoms with E-state index in [4.69, 9.17) is 5.73 Å². The van der Waals surface area contributed by atoms with Crippen LogP contribution in [0.5, 0.6) is 0 Å². The van der Waals surface area contributed by atoms with E-state index in [0.717, 1.165) is 10.9 Å². The van der Waals surface area contributed by atoms with Gasteiger partial charge in [-0.3, -0.25) is 4.79 Å². The van der Waals surface area contributed by atoms with Gasteiger partial charge in [-0.1, -0.05) is 6.07 Å². The highest BCUT2D eigenvalue weighted by molar-refractivity contribution is 6.06. The molecule has 0 saturated heterocycles. The SMILES string of the molecule is CC(C)(CN)NC(=O)c1cccc2[nH]ccc12. The number of H-pyrrole nitrogens is 1. The van der Waals surface area contributed by atoms with Crippen molar-refractivity contribution in [3.05, 3.63) is 36.0 Å². The average molecular weight is 231 g/mol. The molecular formula is C13H17N3O. The van der Waals surface area contributed by atoms with Gasteiger partial charge in [0.25, 0.3) is 5.91 Å². The number of aromatic amines is 1. The zero-order valence-electron chi connectivity index (χ0n) is 10.1. The summed E-state index contributed by atoms with van der Waals surface area (Å²) in [6, 6.07) is 7.53. The van der Waals surface area contributed by atoms with Crippen LogP contribution in [0.15, 0.2) is 30.5 Å². The third-order valence-corrected chi connectivity index (χ3v) is 2.80. The third-order valence-electron chi connectivity index (χ3n) is 2.80. The van der Waals surface area contributed by atoms with Crippen molar-refractivity contribution in [2.45, 2.75) is 19.4 Å². The number of hydrogen-bond acceptors (Lipinski definition) is 2. The summed E-state index contributed by atoms with van der Waals surface area (Å²) in [5.74, 6) is -0.0920. The summed E-state index contributed by atoms with van der Waals surface area (Å²) < 4.78 is 0. The van der Waals surface area contributed by atoms with Gasteiger partial charge in [-0.2, -0.15) is 0 Å². The van der Waals surface area contributed by atoms with Crippen LogP contribution in [-0.4, -0.2) is 23.0 Å². The lowest BCUT2D eigenvalue weighted by Gasteiger charge is -2.24. The molecule has 1 aromatic carbocycles. The topological polar surface area (TPSA) is 70.9 Å². The molecular weight excluding hydrogens is 214 g/mol. The summed E-state index contributed by atoms with van der Waals surface area (Å²) in [6.07, 6.45) is 1.83. The van der Waals surface area contributed by atoms with E-state index in [2.05, 4.69) is 10.3 Å². The number of hydrogen-bond donors (Lipinski definition) is 3. The predicted octanol–water partition coefficient (Wildman–Crippen LogP) is 1.63. The molecule has 0 atom stereocenters. The highest BCUT2D eigenvalue weighted by atomic mass is 16.1. The second-order valence-corrected chi connectivity index (χ2v) is 4.79. The molecule has 17 heavy (non-hydrogen) atoms. The summed E-state index contributed by atoms with van der Waals surface area (Å²) in [5.41, 5.74) is 6.84. The fourth-order valence-electron chi connectivity index (χ4n) is 1.71. The van der Waals surface area contributed by atoms with Crippen molar-refractivity contribution in [3.63, 3.8) is 0 Å². The Morgan fingerprint density at radius 3 is 2.88 bits per heavy atom. The largest absolute Gasteiger partial charge is 0.361 e. The zero-order valence-corrected chi connectivity index (χ0v) is 10.1. The molecule has 2 rings (SSSR count). The number of nitrogens with one attached hydrogen (secondary N) is 2. The number of carbonyl (C=O) groups excluding carboxylic acids is 1. The van der Waals surface area contributed by atoms with Crippen molar-refractivity contribution in [2.75, 3.05) is 6.54 Å². The van der Waals surface area contributed by atoms with E-state index in [-0.39, 0.29) is 5.91 Å². The Labute approximate surface area is 100 Å². The number of amides is 1. The predicted molar refractivity (Wildman–Crippen MR) is 68.9 cm³/mol. The number of carbonyl (C=O) groups is 1. The zero-order chi connectivity index (χ0) is 12.5. The van der Waals surface area contributed by atoms with Crippen LogP contribution >= 0.6 is 0 Å². The molecule has 1 aromatic heterocycles. The lowest BCUT2D eigenvalue weighted by atomic mass is 10.0. The lowest BCUT2D eigenvalue weighted by molar-refractivity contribution is 0.0917. The Balaban J connectivity index is 2.34. The molecule has 0 bridgehead atoms. The lowest BCUT2D eigenvalue weighted by Crippen LogP contribution is -2.48. The molecule has 1 heterocycles. The highest BCUT2D eigenvalue weighted by Gasteiger charge is 2.20. The van der Waals surface area contributed by atoms with Gasteiger partial charge in [0, 0.05) is 34.7 Å². The Kier molecular flexibility index (Phi) is 2.90. The Bertz CT molecular complexity index is 542. The Morgan fingerprint density at radius 2 is 2.18 bits per heavy atom. The van der Waals surface area contributed by atoms with Crippen LogP contribution in [0.2, 0.25) is 0 Å². The van der Waals surface area contributed by atoms with Crippen LogP contribution in [0.3, 0.4) is 0 Å². The van der Waals surface area contributed by atoms with E-state index >= 15 is 0 Å². The number of aromatic nitrogens is 1. The van der Waals surface area contributed by atoms with Crippen molar-refractivity contribution < 1.29 is 4.79 Å². The van der Waals surface area contributed by atoms with Crippen molar-refractivity contribution in [3.8, 4) is 0 Å².